The zero-order valence-electron chi connectivity index (χ0n) is 38.2. The van der Waals surface area contributed by atoms with Crippen LogP contribution in [0, 0.1) is 0 Å². The zero-order valence-corrected chi connectivity index (χ0v) is 39.0. The summed E-state index contributed by atoms with van der Waals surface area (Å²) in [6.07, 6.45) is 0. The Kier molecular flexibility index (Phi) is 9.33. The van der Waals surface area contributed by atoms with Gasteiger partial charge in [0.15, 0.2) is 0 Å². The number of hydrogen-bond acceptors (Lipinski definition) is 3. The number of thiophene rings is 1. The molecular weight excluding hydrogens is 865 g/mol. The van der Waals surface area contributed by atoms with Crippen LogP contribution in [-0.4, -0.2) is 0 Å². The third-order valence-electron chi connectivity index (χ3n) is 14.7. The molecule has 1 atom stereocenters. The van der Waals surface area contributed by atoms with Gasteiger partial charge >= 0.3 is 0 Å². The van der Waals surface area contributed by atoms with Crippen LogP contribution >= 0.6 is 11.3 Å². The molecule has 0 saturated heterocycles. The van der Waals surface area contributed by atoms with Crippen LogP contribution < -0.4 is 9.80 Å². The standard InChI is InChI=1S/C67H44N2S/c1-5-19-45(20-6-1)46-33-35-47(36-34-46)58-43-59-54-28-14-17-31-61(54)67(63(59)44-64(58)69(50-25-11-4-12-26-50)52-38-40-57-56-29-15-18-32-65(56)70-66(57)42-52)60-30-16-13-27-53(60)55-39-37-51(41-62(55)67)68(48-21-7-2-8-22-48)49-23-9-3-10-24-49/h1-44H. The Balaban J connectivity index is 1.07. The van der Waals surface area contributed by atoms with Gasteiger partial charge in [0.25, 0.3) is 0 Å². The van der Waals surface area contributed by atoms with Crippen LogP contribution in [0.3, 0.4) is 0 Å². The number of fused-ring (bicyclic) bond motifs is 13. The first-order valence-corrected chi connectivity index (χ1v) is 24.9. The monoisotopic (exact) mass is 908 g/mol. The van der Waals surface area contributed by atoms with Gasteiger partial charge in [0.05, 0.1) is 11.1 Å². The summed E-state index contributed by atoms with van der Waals surface area (Å²) in [5.41, 5.74) is 21.1. The van der Waals surface area contributed by atoms with Gasteiger partial charge in [-0.25, -0.2) is 0 Å². The van der Waals surface area contributed by atoms with Crippen molar-refractivity contribution in [1.29, 1.82) is 0 Å². The third kappa shape index (κ3) is 6.19. The Labute approximate surface area is 412 Å². The van der Waals surface area contributed by atoms with E-state index in [1.165, 1.54) is 81.4 Å². The van der Waals surface area contributed by atoms with Crippen LogP contribution in [0.5, 0.6) is 0 Å². The van der Waals surface area contributed by atoms with E-state index in [0.717, 1.165) is 39.7 Å². The van der Waals surface area contributed by atoms with Crippen LogP contribution in [0.4, 0.5) is 34.1 Å². The van der Waals surface area contributed by atoms with Gasteiger partial charge in [-0.05, 0) is 140 Å². The maximum Gasteiger partial charge on any atom is 0.0727 e. The number of anilines is 6. The maximum atomic E-state index is 2.56. The molecular formula is C67H44N2S. The number of nitrogens with zero attached hydrogens (tertiary/aromatic N) is 2. The summed E-state index contributed by atoms with van der Waals surface area (Å²) in [5, 5.41) is 2.58. The average Bonchev–Trinajstić information content (AvgIpc) is 4.05. The van der Waals surface area contributed by atoms with Gasteiger partial charge in [-0.15, -0.1) is 11.3 Å². The van der Waals surface area contributed by atoms with E-state index in [1.54, 1.807) is 0 Å². The predicted molar refractivity (Wildman–Crippen MR) is 296 cm³/mol. The average molecular weight is 909 g/mol. The van der Waals surface area contributed by atoms with Crippen molar-refractivity contribution in [3.05, 3.63) is 289 Å². The normalized spacial score (nSPS) is 14.1. The summed E-state index contributed by atoms with van der Waals surface area (Å²) in [5.74, 6) is 0. The second kappa shape index (κ2) is 16.2. The molecule has 70 heavy (non-hydrogen) atoms. The molecule has 2 nitrogen and oxygen atoms in total. The third-order valence-corrected chi connectivity index (χ3v) is 15.8. The molecule has 328 valence electrons. The van der Waals surface area contributed by atoms with Crippen molar-refractivity contribution in [2.75, 3.05) is 9.80 Å². The molecule has 1 heterocycles. The summed E-state index contributed by atoms with van der Waals surface area (Å²) >= 11 is 1.86. The van der Waals surface area contributed by atoms with Crippen molar-refractivity contribution >= 4 is 65.6 Å². The molecule has 0 fully saturated rings. The molecule has 12 aromatic rings. The molecule has 0 radical (unpaired) electrons. The number of para-hydroxylation sites is 3. The highest BCUT2D eigenvalue weighted by atomic mass is 32.1. The molecule has 14 rings (SSSR count). The Morgan fingerprint density at radius 2 is 0.729 bits per heavy atom. The molecule has 0 bridgehead atoms. The van der Waals surface area contributed by atoms with E-state index in [9.17, 15) is 0 Å². The van der Waals surface area contributed by atoms with Gasteiger partial charge < -0.3 is 9.80 Å². The van der Waals surface area contributed by atoms with E-state index >= 15 is 0 Å². The predicted octanol–water partition coefficient (Wildman–Crippen LogP) is 18.7. The fourth-order valence-electron chi connectivity index (χ4n) is 11.6. The summed E-state index contributed by atoms with van der Waals surface area (Å²) in [4.78, 5) is 4.90. The zero-order chi connectivity index (χ0) is 46.2. The molecule has 2 aliphatic carbocycles. The lowest BCUT2D eigenvalue weighted by atomic mass is 9.70. The number of benzene rings is 11. The summed E-state index contributed by atoms with van der Waals surface area (Å²) < 4.78 is 2.57. The fraction of sp³-hybridized carbons (Fsp3) is 0.0149. The second-order valence-electron chi connectivity index (χ2n) is 18.4. The minimum Gasteiger partial charge on any atom is -0.310 e. The van der Waals surface area contributed by atoms with E-state index in [-0.39, 0.29) is 0 Å². The van der Waals surface area contributed by atoms with Crippen molar-refractivity contribution in [3.63, 3.8) is 0 Å². The molecule has 0 amide bonds. The van der Waals surface area contributed by atoms with Crippen LogP contribution in [0.1, 0.15) is 22.3 Å². The van der Waals surface area contributed by atoms with Gasteiger partial charge in [-0.1, -0.05) is 188 Å². The highest BCUT2D eigenvalue weighted by Crippen LogP contribution is 2.65. The van der Waals surface area contributed by atoms with E-state index in [1.807, 2.05) is 11.3 Å². The minimum absolute atomic E-state index is 0.616. The first-order valence-electron chi connectivity index (χ1n) is 24.1. The lowest BCUT2D eigenvalue weighted by Crippen LogP contribution is -2.26. The van der Waals surface area contributed by atoms with E-state index in [0.29, 0.717) is 0 Å². The van der Waals surface area contributed by atoms with E-state index in [4.69, 9.17) is 0 Å². The fourth-order valence-corrected chi connectivity index (χ4v) is 12.8. The van der Waals surface area contributed by atoms with Gasteiger partial charge in [-0.2, -0.15) is 0 Å². The molecule has 11 aromatic carbocycles. The van der Waals surface area contributed by atoms with Gasteiger partial charge in [0.2, 0.25) is 0 Å². The maximum absolute atomic E-state index is 2.56. The smallest absolute Gasteiger partial charge is 0.0727 e. The summed E-state index contributed by atoms with van der Waals surface area (Å²) in [6.45, 7) is 0. The van der Waals surface area contributed by atoms with Gasteiger partial charge in [-0.3, -0.25) is 0 Å². The number of rotatable bonds is 8. The molecule has 2 aliphatic rings. The Hall–Kier alpha value is -8.76. The van der Waals surface area contributed by atoms with Crippen LogP contribution in [0.25, 0.3) is 64.7 Å². The molecule has 1 aromatic heterocycles. The molecule has 0 aliphatic heterocycles. The largest absolute Gasteiger partial charge is 0.310 e. The molecule has 1 unspecified atom stereocenters. The van der Waals surface area contributed by atoms with Crippen molar-refractivity contribution < 1.29 is 0 Å². The van der Waals surface area contributed by atoms with Crippen LogP contribution in [0.2, 0.25) is 0 Å². The molecule has 0 N–H and O–H groups in total. The van der Waals surface area contributed by atoms with Gasteiger partial charge in [0.1, 0.15) is 0 Å². The summed E-state index contributed by atoms with van der Waals surface area (Å²) in [6, 6.07) is 98.8. The van der Waals surface area contributed by atoms with E-state index in [2.05, 4.69) is 277 Å². The first kappa shape index (κ1) is 40.3. The topological polar surface area (TPSA) is 6.48 Å². The van der Waals surface area contributed by atoms with Crippen molar-refractivity contribution in [2.45, 2.75) is 5.41 Å². The second-order valence-corrected chi connectivity index (χ2v) is 19.5. The lowest BCUT2D eigenvalue weighted by Gasteiger charge is -2.34. The Bertz CT molecular complexity index is 3900. The van der Waals surface area contributed by atoms with E-state index < -0.39 is 5.41 Å². The van der Waals surface area contributed by atoms with Crippen molar-refractivity contribution in [3.8, 4) is 44.5 Å². The lowest BCUT2D eigenvalue weighted by molar-refractivity contribution is 0.793. The molecule has 3 heteroatoms. The quantitative estimate of drug-likeness (QED) is 0.150. The molecule has 0 saturated carbocycles. The van der Waals surface area contributed by atoms with Crippen molar-refractivity contribution in [2.24, 2.45) is 0 Å². The SMILES string of the molecule is c1ccc(-c2ccc(-c3cc4c(cc3N(c3ccccc3)c3ccc5c(c3)sc3ccccc35)C3(c5ccccc5-c5ccc(N(c6ccccc6)c6ccccc6)cc53)c3ccccc3-4)cc2)cc1. The summed E-state index contributed by atoms with van der Waals surface area (Å²) in [7, 11) is 0. The van der Waals surface area contributed by atoms with Crippen molar-refractivity contribution in [1.82, 2.24) is 0 Å². The van der Waals surface area contributed by atoms with Crippen LogP contribution in [0.15, 0.2) is 267 Å². The van der Waals surface area contributed by atoms with Gasteiger partial charge in [0, 0.05) is 54.2 Å². The number of hydrogen-bond donors (Lipinski definition) is 0. The van der Waals surface area contributed by atoms with Crippen LogP contribution in [-0.2, 0) is 5.41 Å². The first-order chi connectivity index (χ1) is 34.7. The Morgan fingerprint density at radius 1 is 0.257 bits per heavy atom. The minimum atomic E-state index is -0.616. The molecule has 1 spiro atoms. The Morgan fingerprint density at radius 3 is 1.40 bits per heavy atom. The highest BCUT2D eigenvalue weighted by Gasteiger charge is 2.52. The highest BCUT2D eigenvalue weighted by molar-refractivity contribution is 7.25.